The number of rotatable bonds is 6. The number of likely N-dealkylation sites (tertiary alicyclic amines) is 1. The van der Waals surface area contributed by atoms with Gasteiger partial charge in [0.05, 0.1) is 0 Å². The SMILES string of the molecule is CCC(C)C(NC(=O)c1ccc(Cl)cc1)C(=O)N1CCCC(N(C)C)C1. The molecule has 1 aliphatic rings. The van der Waals surface area contributed by atoms with Gasteiger partial charge in [0.15, 0.2) is 0 Å². The van der Waals surface area contributed by atoms with Gasteiger partial charge < -0.3 is 15.1 Å². The van der Waals surface area contributed by atoms with Crippen molar-refractivity contribution in [3.8, 4) is 0 Å². The van der Waals surface area contributed by atoms with E-state index in [0.717, 1.165) is 32.4 Å². The molecule has 0 bridgehead atoms. The summed E-state index contributed by atoms with van der Waals surface area (Å²) >= 11 is 5.89. The lowest BCUT2D eigenvalue weighted by atomic mass is 9.95. The van der Waals surface area contributed by atoms with Crippen molar-refractivity contribution < 1.29 is 9.59 Å². The van der Waals surface area contributed by atoms with Gasteiger partial charge in [-0.25, -0.2) is 0 Å². The van der Waals surface area contributed by atoms with Gasteiger partial charge in [0, 0.05) is 29.7 Å². The van der Waals surface area contributed by atoms with Crippen molar-refractivity contribution in [3.05, 3.63) is 34.9 Å². The zero-order valence-electron chi connectivity index (χ0n) is 16.2. The van der Waals surface area contributed by atoms with Gasteiger partial charge in [0.1, 0.15) is 6.04 Å². The zero-order valence-corrected chi connectivity index (χ0v) is 16.9. The van der Waals surface area contributed by atoms with Gasteiger partial charge in [-0.3, -0.25) is 9.59 Å². The Morgan fingerprint density at radius 1 is 1.31 bits per heavy atom. The van der Waals surface area contributed by atoms with Gasteiger partial charge in [0.25, 0.3) is 5.91 Å². The minimum Gasteiger partial charge on any atom is -0.340 e. The molecule has 1 saturated heterocycles. The predicted molar refractivity (Wildman–Crippen MR) is 105 cm³/mol. The van der Waals surface area contributed by atoms with Crippen LogP contribution in [0.4, 0.5) is 0 Å². The molecule has 0 radical (unpaired) electrons. The molecule has 3 atom stereocenters. The van der Waals surface area contributed by atoms with Crippen LogP contribution in [0.2, 0.25) is 5.02 Å². The lowest BCUT2D eigenvalue weighted by Crippen LogP contribution is -2.56. The summed E-state index contributed by atoms with van der Waals surface area (Å²) in [5, 5.41) is 3.54. The molecule has 1 N–H and O–H groups in total. The maximum Gasteiger partial charge on any atom is 0.251 e. The number of nitrogens with zero attached hydrogens (tertiary/aromatic N) is 2. The molecule has 1 aromatic rings. The summed E-state index contributed by atoms with van der Waals surface area (Å²) in [4.78, 5) is 29.9. The van der Waals surface area contributed by atoms with Crippen LogP contribution in [0.15, 0.2) is 24.3 Å². The fraction of sp³-hybridized carbons (Fsp3) is 0.600. The highest BCUT2D eigenvalue weighted by molar-refractivity contribution is 6.30. The van der Waals surface area contributed by atoms with Crippen LogP contribution in [0.25, 0.3) is 0 Å². The summed E-state index contributed by atoms with van der Waals surface area (Å²) in [6.07, 6.45) is 2.91. The highest BCUT2D eigenvalue weighted by Crippen LogP contribution is 2.18. The lowest BCUT2D eigenvalue weighted by molar-refractivity contribution is -0.136. The second kappa shape index (κ2) is 9.38. The highest BCUT2D eigenvalue weighted by atomic mass is 35.5. The summed E-state index contributed by atoms with van der Waals surface area (Å²) in [6, 6.07) is 6.59. The summed E-state index contributed by atoms with van der Waals surface area (Å²) < 4.78 is 0. The molecule has 0 aromatic heterocycles. The van der Waals surface area contributed by atoms with E-state index in [2.05, 4.69) is 10.2 Å². The van der Waals surface area contributed by atoms with E-state index in [-0.39, 0.29) is 17.7 Å². The van der Waals surface area contributed by atoms with Crippen LogP contribution in [0.5, 0.6) is 0 Å². The Bertz CT molecular complexity index is 618. The molecule has 2 amide bonds. The maximum atomic E-state index is 13.2. The average Bonchev–Trinajstić information content (AvgIpc) is 2.65. The standard InChI is InChI=1S/C20H30ClN3O2/c1-5-14(2)18(22-19(25)15-8-10-16(21)11-9-15)20(26)24-12-6-7-17(13-24)23(3)4/h8-11,14,17-18H,5-7,12-13H2,1-4H3,(H,22,25). The number of amides is 2. The Hall–Kier alpha value is -1.59. The number of nitrogens with one attached hydrogen (secondary N) is 1. The number of hydrogen-bond donors (Lipinski definition) is 1. The van der Waals surface area contributed by atoms with Crippen molar-refractivity contribution in [2.75, 3.05) is 27.2 Å². The minimum absolute atomic E-state index is 0.0215. The molecule has 0 spiro atoms. The van der Waals surface area contributed by atoms with Crippen LogP contribution in [0.1, 0.15) is 43.5 Å². The van der Waals surface area contributed by atoms with Crippen molar-refractivity contribution in [1.29, 1.82) is 0 Å². The first kappa shape index (κ1) is 20.7. The Morgan fingerprint density at radius 2 is 1.96 bits per heavy atom. The normalized spacial score (nSPS) is 19.9. The van der Waals surface area contributed by atoms with E-state index in [1.165, 1.54) is 0 Å². The first-order valence-electron chi connectivity index (χ1n) is 9.35. The molecule has 3 unspecified atom stereocenters. The number of hydrogen-bond acceptors (Lipinski definition) is 3. The summed E-state index contributed by atoms with van der Waals surface area (Å²) in [7, 11) is 4.10. The van der Waals surface area contributed by atoms with Gasteiger partial charge >= 0.3 is 0 Å². The molecule has 1 aromatic carbocycles. The maximum absolute atomic E-state index is 13.2. The van der Waals surface area contributed by atoms with Gasteiger partial charge in [-0.15, -0.1) is 0 Å². The van der Waals surface area contributed by atoms with E-state index in [0.29, 0.717) is 16.6 Å². The summed E-state index contributed by atoms with van der Waals surface area (Å²) in [5.41, 5.74) is 0.514. The molecule has 6 heteroatoms. The van der Waals surface area contributed by atoms with E-state index in [9.17, 15) is 9.59 Å². The molecule has 1 fully saturated rings. The van der Waals surface area contributed by atoms with Crippen LogP contribution in [0, 0.1) is 5.92 Å². The average molecular weight is 380 g/mol. The van der Waals surface area contributed by atoms with Crippen molar-refractivity contribution >= 4 is 23.4 Å². The van der Waals surface area contributed by atoms with E-state index < -0.39 is 6.04 Å². The monoisotopic (exact) mass is 379 g/mol. The first-order valence-corrected chi connectivity index (χ1v) is 9.73. The van der Waals surface area contributed by atoms with Crippen LogP contribution in [-0.4, -0.2) is 60.9 Å². The van der Waals surface area contributed by atoms with Gasteiger partial charge in [0.2, 0.25) is 5.91 Å². The third-order valence-electron chi connectivity index (χ3n) is 5.31. The van der Waals surface area contributed by atoms with Gasteiger partial charge in [-0.1, -0.05) is 31.9 Å². The summed E-state index contributed by atoms with van der Waals surface area (Å²) in [6.45, 7) is 5.53. The number of piperidine rings is 1. The first-order chi connectivity index (χ1) is 12.3. The number of carbonyl (C=O) groups excluding carboxylic acids is 2. The van der Waals surface area contributed by atoms with Gasteiger partial charge in [-0.05, 0) is 57.1 Å². The quantitative estimate of drug-likeness (QED) is 0.826. The van der Waals surface area contributed by atoms with Crippen molar-refractivity contribution in [2.24, 2.45) is 5.92 Å². The molecule has 26 heavy (non-hydrogen) atoms. The summed E-state index contributed by atoms with van der Waals surface area (Å²) in [5.74, 6) is -0.145. The van der Waals surface area contributed by atoms with Crippen LogP contribution in [-0.2, 0) is 4.79 Å². The Labute approximate surface area is 161 Å². The van der Waals surface area contributed by atoms with E-state index >= 15 is 0 Å². The zero-order chi connectivity index (χ0) is 19.3. The van der Waals surface area contributed by atoms with E-state index in [4.69, 9.17) is 11.6 Å². The predicted octanol–water partition coefficient (Wildman–Crippen LogP) is 3.04. The van der Waals surface area contributed by atoms with Crippen molar-refractivity contribution in [3.63, 3.8) is 0 Å². The van der Waals surface area contributed by atoms with Crippen molar-refractivity contribution in [1.82, 2.24) is 15.1 Å². The Balaban J connectivity index is 2.12. The molecule has 144 valence electrons. The Kier molecular flexibility index (Phi) is 7.47. The lowest BCUT2D eigenvalue weighted by Gasteiger charge is -2.38. The molecule has 0 aliphatic carbocycles. The molecular weight excluding hydrogens is 350 g/mol. The minimum atomic E-state index is -0.510. The molecule has 5 nitrogen and oxygen atoms in total. The largest absolute Gasteiger partial charge is 0.340 e. The van der Waals surface area contributed by atoms with Crippen LogP contribution >= 0.6 is 11.6 Å². The fourth-order valence-corrected chi connectivity index (χ4v) is 3.41. The number of likely N-dealkylation sites (N-methyl/N-ethyl adjacent to an activating group) is 1. The van der Waals surface area contributed by atoms with Gasteiger partial charge in [-0.2, -0.15) is 0 Å². The Morgan fingerprint density at radius 3 is 2.54 bits per heavy atom. The van der Waals surface area contributed by atoms with Crippen LogP contribution < -0.4 is 5.32 Å². The molecule has 1 heterocycles. The van der Waals surface area contributed by atoms with Crippen molar-refractivity contribution in [2.45, 2.75) is 45.2 Å². The highest BCUT2D eigenvalue weighted by Gasteiger charge is 2.33. The smallest absolute Gasteiger partial charge is 0.251 e. The second-order valence-corrected chi connectivity index (χ2v) is 7.82. The topological polar surface area (TPSA) is 52.7 Å². The van der Waals surface area contributed by atoms with E-state index in [1.807, 2.05) is 32.8 Å². The van der Waals surface area contributed by atoms with Crippen LogP contribution in [0.3, 0.4) is 0 Å². The fourth-order valence-electron chi connectivity index (χ4n) is 3.28. The molecular formula is C20H30ClN3O2. The number of halogens is 1. The third kappa shape index (κ3) is 5.21. The third-order valence-corrected chi connectivity index (χ3v) is 5.56. The molecule has 0 saturated carbocycles. The number of benzene rings is 1. The van der Waals surface area contributed by atoms with E-state index in [1.54, 1.807) is 24.3 Å². The molecule has 1 aliphatic heterocycles. The molecule has 2 rings (SSSR count). The second-order valence-electron chi connectivity index (χ2n) is 7.39. The number of carbonyl (C=O) groups is 2.